The van der Waals surface area contributed by atoms with E-state index in [-0.39, 0.29) is 0 Å². The van der Waals surface area contributed by atoms with Crippen molar-refractivity contribution in [1.82, 2.24) is 14.8 Å². The molecule has 26 heavy (non-hydrogen) atoms. The summed E-state index contributed by atoms with van der Waals surface area (Å²) in [6.45, 7) is 10.2. The Morgan fingerprint density at radius 3 is 2.54 bits per heavy atom. The van der Waals surface area contributed by atoms with Crippen LogP contribution in [0.3, 0.4) is 0 Å². The zero-order valence-corrected chi connectivity index (χ0v) is 15.8. The van der Waals surface area contributed by atoms with E-state index in [9.17, 15) is 0 Å². The molecule has 0 radical (unpaired) electrons. The first kappa shape index (κ1) is 17.5. The van der Waals surface area contributed by atoms with Crippen LogP contribution in [-0.4, -0.2) is 60.1 Å². The van der Waals surface area contributed by atoms with Crippen LogP contribution in [0.4, 0.5) is 5.69 Å². The van der Waals surface area contributed by atoms with Gasteiger partial charge in [-0.15, -0.1) is 0 Å². The minimum Gasteiger partial charge on any atom is -0.369 e. The number of aryl methyl sites for hydroxylation is 1. The van der Waals surface area contributed by atoms with Gasteiger partial charge in [-0.25, -0.2) is 0 Å². The van der Waals surface area contributed by atoms with Crippen LogP contribution in [0.2, 0.25) is 0 Å². The SMILES string of the molecule is Cc1ccccc1N1CCN(C2CCCN(Cc3ccccn3)C2)CC1. The Morgan fingerprint density at radius 1 is 0.962 bits per heavy atom. The molecule has 0 bridgehead atoms. The van der Waals surface area contributed by atoms with Crippen LogP contribution in [0.1, 0.15) is 24.1 Å². The van der Waals surface area contributed by atoms with Crippen molar-refractivity contribution in [2.75, 3.05) is 44.2 Å². The summed E-state index contributed by atoms with van der Waals surface area (Å²) in [4.78, 5) is 12.4. The third kappa shape index (κ3) is 4.08. The molecule has 2 aliphatic rings. The van der Waals surface area contributed by atoms with E-state index in [1.807, 2.05) is 12.3 Å². The van der Waals surface area contributed by atoms with Gasteiger partial charge in [-0.2, -0.15) is 0 Å². The lowest BCUT2D eigenvalue weighted by molar-refractivity contribution is 0.0881. The highest BCUT2D eigenvalue weighted by Crippen LogP contribution is 2.23. The second-order valence-corrected chi connectivity index (χ2v) is 7.66. The number of nitrogens with zero attached hydrogens (tertiary/aromatic N) is 4. The fraction of sp³-hybridized carbons (Fsp3) is 0.500. The van der Waals surface area contributed by atoms with Crippen LogP contribution in [0, 0.1) is 6.92 Å². The molecule has 0 N–H and O–H groups in total. The lowest BCUT2D eigenvalue weighted by Crippen LogP contribution is -2.55. The highest BCUT2D eigenvalue weighted by Gasteiger charge is 2.28. The number of hydrogen-bond acceptors (Lipinski definition) is 4. The van der Waals surface area contributed by atoms with Gasteiger partial charge in [-0.3, -0.25) is 14.8 Å². The number of rotatable bonds is 4. The van der Waals surface area contributed by atoms with Gasteiger partial charge in [0.1, 0.15) is 0 Å². The molecule has 1 aromatic carbocycles. The first-order valence-electron chi connectivity index (χ1n) is 9.96. The fourth-order valence-corrected chi connectivity index (χ4v) is 4.44. The highest BCUT2D eigenvalue weighted by atomic mass is 15.3. The Balaban J connectivity index is 1.32. The van der Waals surface area contributed by atoms with Crippen molar-refractivity contribution >= 4 is 5.69 Å². The van der Waals surface area contributed by atoms with Crippen molar-refractivity contribution in [2.24, 2.45) is 0 Å². The minimum absolute atomic E-state index is 0.700. The van der Waals surface area contributed by atoms with Crippen molar-refractivity contribution < 1.29 is 0 Å². The number of aromatic nitrogens is 1. The first-order valence-corrected chi connectivity index (χ1v) is 9.96. The van der Waals surface area contributed by atoms with E-state index in [4.69, 9.17) is 0 Å². The molecule has 3 heterocycles. The Bertz CT molecular complexity index is 694. The van der Waals surface area contributed by atoms with E-state index >= 15 is 0 Å². The molecule has 0 amide bonds. The molecule has 2 aromatic rings. The molecule has 0 saturated carbocycles. The molecule has 2 fully saturated rings. The van der Waals surface area contributed by atoms with Gasteiger partial charge in [0, 0.05) is 57.2 Å². The van der Waals surface area contributed by atoms with Crippen molar-refractivity contribution in [3.63, 3.8) is 0 Å². The predicted octanol–water partition coefficient (Wildman–Crippen LogP) is 3.18. The van der Waals surface area contributed by atoms with Gasteiger partial charge in [0.2, 0.25) is 0 Å². The van der Waals surface area contributed by atoms with Crippen LogP contribution >= 0.6 is 0 Å². The largest absolute Gasteiger partial charge is 0.369 e. The molecule has 2 saturated heterocycles. The van der Waals surface area contributed by atoms with E-state index in [2.05, 4.69) is 63.0 Å². The molecule has 4 heteroatoms. The van der Waals surface area contributed by atoms with E-state index in [1.165, 1.54) is 56.0 Å². The average Bonchev–Trinajstić information content (AvgIpc) is 2.70. The third-order valence-corrected chi connectivity index (χ3v) is 5.88. The van der Waals surface area contributed by atoms with E-state index < -0.39 is 0 Å². The second-order valence-electron chi connectivity index (χ2n) is 7.66. The summed E-state index contributed by atoms with van der Waals surface area (Å²) in [5, 5.41) is 0. The Kier molecular flexibility index (Phi) is 5.51. The maximum Gasteiger partial charge on any atom is 0.0543 e. The van der Waals surface area contributed by atoms with Gasteiger partial charge in [0.15, 0.2) is 0 Å². The minimum atomic E-state index is 0.700. The summed E-state index contributed by atoms with van der Waals surface area (Å²) < 4.78 is 0. The maximum absolute atomic E-state index is 4.50. The average molecular weight is 351 g/mol. The molecular weight excluding hydrogens is 320 g/mol. The second kappa shape index (κ2) is 8.19. The summed E-state index contributed by atoms with van der Waals surface area (Å²) in [5.74, 6) is 0. The zero-order chi connectivity index (χ0) is 17.8. The molecule has 1 atom stereocenters. The van der Waals surface area contributed by atoms with Crippen molar-refractivity contribution in [3.8, 4) is 0 Å². The third-order valence-electron chi connectivity index (χ3n) is 5.88. The summed E-state index contributed by atoms with van der Waals surface area (Å²) in [7, 11) is 0. The number of pyridine rings is 1. The summed E-state index contributed by atoms with van der Waals surface area (Å²) in [6, 6.07) is 15.7. The summed E-state index contributed by atoms with van der Waals surface area (Å²) >= 11 is 0. The van der Waals surface area contributed by atoms with Gasteiger partial charge in [0.05, 0.1) is 5.69 Å². The topological polar surface area (TPSA) is 22.6 Å². The quantitative estimate of drug-likeness (QED) is 0.845. The smallest absolute Gasteiger partial charge is 0.0543 e. The van der Waals surface area contributed by atoms with Crippen LogP contribution in [0.25, 0.3) is 0 Å². The Morgan fingerprint density at radius 2 is 1.77 bits per heavy atom. The predicted molar refractivity (Wildman–Crippen MR) is 108 cm³/mol. The van der Waals surface area contributed by atoms with Gasteiger partial charge in [0.25, 0.3) is 0 Å². The molecular formula is C22H30N4. The number of piperidine rings is 1. The summed E-state index contributed by atoms with van der Waals surface area (Å²) in [5.41, 5.74) is 3.99. The van der Waals surface area contributed by atoms with Crippen LogP contribution in [0.5, 0.6) is 0 Å². The van der Waals surface area contributed by atoms with Crippen LogP contribution in [0.15, 0.2) is 48.7 Å². The number of likely N-dealkylation sites (tertiary alicyclic amines) is 1. The lowest BCUT2D eigenvalue weighted by atomic mass is 10.0. The van der Waals surface area contributed by atoms with Crippen molar-refractivity contribution in [3.05, 3.63) is 59.9 Å². The first-order chi connectivity index (χ1) is 12.8. The molecule has 1 unspecified atom stereocenters. The molecule has 2 aliphatic heterocycles. The number of anilines is 1. The molecule has 0 spiro atoms. The normalized spacial score (nSPS) is 22.5. The van der Waals surface area contributed by atoms with Crippen molar-refractivity contribution in [1.29, 1.82) is 0 Å². The molecule has 1 aromatic heterocycles. The Hall–Kier alpha value is -1.91. The molecule has 138 valence electrons. The lowest BCUT2D eigenvalue weighted by Gasteiger charge is -2.44. The monoisotopic (exact) mass is 350 g/mol. The fourth-order valence-electron chi connectivity index (χ4n) is 4.44. The number of piperazine rings is 1. The molecule has 0 aliphatic carbocycles. The maximum atomic E-state index is 4.50. The van der Waals surface area contributed by atoms with Crippen molar-refractivity contribution in [2.45, 2.75) is 32.4 Å². The standard InChI is InChI=1S/C22H30N4/c1-19-7-2-3-10-22(19)26-15-13-25(14-16-26)21-9-6-12-24(18-21)17-20-8-4-5-11-23-20/h2-5,7-8,10-11,21H,6,9,12-18H2,1H3. The summed E-state index contributed by atoms with van der Waals surface area (Å²) in [6.07, 6.45) is 4.54. The van der Waals surface area contributed by atoms with E-state index in [0.717, 1.165) is 19.6 Å². The van der Waals surface area contributed by atoms with Crippen LogP contribution < -0.4 is 4.90 Å². The van der Waals surface area contributed by atoms with Gasteiger partial charge in [-0.05, 0) is 50.1 Å². The van der Waals surface area contributed by atoms with Gasteiger partial charge >= 0.3 is 0 Å². The van der Waals surface area contributed by atoms with Crippen LogP contribution in [-0.2, 0) is 6.54 Å². The number of hydrogen-bond donors (Lipinski definition) is 0. The van der Waals surface area contributed by atoms with E-state index in [0.29, 0.717) is 6.04 Å². The molecule has 4 rings (SSSR count). The van der Waals surface area contributed by atoms with E-state index in [1.54, 1.807) is 0 Å². The van der Waals surface area contributed by atoms with Gasteiger partial charge < -0.3 is 4.90 Å². The molecule has 4 nitrogen and oxygen atoms in total. The number of benzene rings is 1. The number of para-hydroxylation sites is 1. The van der Waals surface area contributed by atoms with Gasteiger partial charge in [-0.1, -0.05) is 24.3 Å². The highest BCUT2D eigenvalue weighted by molar-refractivity contribution is 5.53. The Labute approximate surface area is 157 Å². The zero-order valence-electron chi connectivity index (χ0n) is 15.8.